The number of aromatic nitrogens is 1. The molecule has 0 saturated heterocycles. The van der Waals surface area contributed by atoms with E-state index in [9.17, 15) is 18.0 Å². The molecule has 0 aliphatic heterocycles. The van der Waals surface area contributed by atoms with Crippen molar-refractivity contribution in [1.82, 2.24) is 4.57 Å². The van der Waals surface area contributed by atoms with Crippen LogP contribution in [0.2, 0.25) is 0 Å². The molecule has 9 heteroatoms. The van der Waals surface area contributed by atoms with E-state index in [1.54, 1.807) is 37.3 Å². The molecule has 2 N–H and O–H groups in total. The quantitative estimate of drug-likeness (QED) is 0.391. The van der Waals surface area contributed by atoms with Gasteiger partial charge in [0, 0.05) is 22.6 Å². The SMILES string of the molecule is Cc1cc(C(=O)COC(=O)CCOc2ccccc2)c(C)n1-c1ccc(S(N)(=O)=O)cc1. The summed E-state index contributed by atoms with van der Waals surface area (Å²) in [6, 6.07) is 16.8. The number of nitrogens with two attached hydrogens (primary N) is 1. The number of benzene rings is 2. The van der Waals surface area contributed by atoms with Gasteiger partial charge >= 0.3 is 5.97 Å². The molecule has 1 aromatic heterocycles. The molecule has 0 amide bonds. The van der Waals surface area contributed by atoms with E-state index >= 15 is 0 Å². The molecule has 0 atom stereocenters. The van der Waals surface area contributed by atoms with Gasteiger partial charge in [0.15, 0.2) is 6.61 Å². The molecule has 1 heterocycles. The van der Waals surface area contributed by atoms with E-state index in [4.69, 9.17) is 14.6 Å². The first-order valence-corrected chi connectivity index (χ1v) is 11.4. The summed E-state index contributed by atoms with van der Waals surface area (Å²) in [5.41, 5.74) is 2.53. The average Bonchev–Trinajstić information content (AvgIpc) is 3.06. The topological polar surface area (TPSA) is 118 Å². The van der Waals surface area contributed by atoms with Crippen molar-refractivity contribution in [2.45, 2.75) is 25.2 Å². The normalized spacial score (nSPS) is 11.2. The second-order valence-corrected chi connectivity index (χ2v) is 8.72. The Balaban J connectivity index is 1.61. The smallest absolute Gasteiger partial charge is 0.309 e. The number of rotatable bonds is 9. The van der Waals surface area contributed by atoms with Crippen molar-refractivity contribution in [3.8, 4) is 11.4 Å². The second-order valence-electron chi connectivity index (χ2n) is 7.15. The third-order valence-corrected chi connectivity index (χ3v) is 5.77. The molecule has 8 nitrogen and oxygen atoms in total. The minimum Gasteiger partial charge on any atom is -0.493 e. The summed E-state index contributed by atoms with van der Waals surface area (Å²) in [7, 11) is -3.79. The first-order chi connectivity index (χ1) is 15.2. The Morgan fingerprint density at radius 3 is 2.28 bits per heavy atom. The Kier molecular flexibility index (Phi) is 7.12. The molecular weight excluding hydrogens is 432 g/mol. The fourth-order valence-electron chi connectivity index (χ4n) is 3.29. The van der Waals surface area contributed by atoms with Gasteiger partial charge in [-0.05, 0) is 56.3 Å². The van der Waals surface area contributed by atoms with E-state index in [1.165, 1.54) is 12.1 Å². The van der Waals surface area contributed by atoms with Crippen molar-refractivity contribution in [3.05, 3.63) is 77.6 Å². The number of aryl methyl sites for hydroxylation is 1. The molecule has 0 radical (unpaired) electrons. The molecule has 0 fully saturated rings. The van der Waals surface area contributed by atoms with Crippen LogP contribution >= 0.6 is 0 Å². The van der Waals surface area contributed by atoms with Gasteiger partial charge in [-0.3, -0.25) is 9.59 Å². The maximum Gasteiger partial charge on any atom is 0.309 e. The molecular formula is C23H24N2O6S. The fraction of sp³-hybridized carbons (Fsp3) is 0.217. The van der Waals surface area contributed by atoms with Crippen LogP contribution in [0.15, 0.2) is 65.6 Å². The number of primary sulfonamides is 1. The highest BCUT2D eigenvalue weighted by Gasteiger charge is 2.18. The van der Waals surface area contributed by atoms with E-state index < -0.39 is 16.0 Å². The summed E-state index contributed by atoms with van der Waals surface area (Å²) < 4.78 is 35.3. The first kappa shape index (κ1) is 23.2. The third kappa shape index (κ3) is 5.63. The zero-order valence-corrected chi connectivity index (χ0v) is 18.6. The lowest BCUT2D eigenvalue weighted by atomic mass is 10.1. The zero-order valence-electron chi connectivity index (χ0n) is 17.8. The van der Waals surface area contributed by atoms with Gasteiger partial charge in [-0.25, -0.2) is 13.6 Å². The molecule has 0 unspecified atom stereocenters. The standard InChI is InChI=1S/C23H24N2O6S/c1-16-14-21(17(2)25(16)18-8-10-20(11-9-18)32(24,28)29)22(26)15-31-23(27)12-13-30-19-6-4-3-5-7-19/h3-11,14H,12-13,15H2,1-2H3,(H2,24,28,29). The Hall–Kier alpha value is -3.43. The number of ketones is 1. The van der Waals surface area contributed by atoms with Gasteiger partial charge in [-0.15, -0.1) is 0 Å². The molecule has 0 bridgehead atoms. The zero-order chi connectivity index (χ0) is 23.3. The minimum absolute atomic E-state index is 0.00293. The first-order valence-electron chi connectivity index (χ1n) is 9.85. The van der Waals surface area contributed by atoms with Crippen LogP contribution in [-0.2, 0) is 19.6 Å². The van der Waals surface area contributed by atoms with Gasteiger partial charge in [-0.2, -0.15) is 0 Å². The molecule has 32 heavy (non-hydrogen) atoms. The summed E-state index contributed by atoms with van der Waals surface area (Å²) in [6.45, 7) is 3.37. The number of esters is 1. The molecule has 0 aliphatic rings. The van der Waals surface area contributed by atoms with Crippen LogP contribution in [0.25, 0.3) is 5.69 Å². The van der Waals surface area contributed by atoms with Crippen LogP contribution < -0.4 is 9.88 Å². The van der Waals surface area contributed by atoms with Gasteiger partial charge in [0.2, 0.25) is 15.8 Å². The van der Waals surface area contributed by atoms with Crippen LogP contribution in [0.1, 0.15) is 28.2 Å². The van der Waals surface area contributed by atoms with Crippen molar-refractivity contribution in [1.29, 1.82) is 0 Å². The van der Waals surface area contributed by atoms with Crippen LogP contribution in [0, 0.1) is 13.8 Å². The van der Waals surface area contributed by atoms with E-state index in [-0.39, 0.29) is 30.3 Å². The Labute approximate surface area is 186 Å². The van der Waals surface area contributed by atoms with Crippen molar-refractivity contribution in [3.63, 3.8) is 0 Å². The molecule has 0 aliphatic carbocycles. The summed E-state index contributed by atoms with van der Waals surface area (Å²) >= 11 is 0. The van der Waals surface area contributed by atoms with Crippen molar-refractivity contribution < 1.29 is 27.5 Å². The lowest BCUT2D eigenvalue weighted by molar-refractivity contribution is -0.143. The van der Waals surface area contributed by atoms with Gasteiger partial charge in [0.1, 0.15) is 5.75 Å². The number of nitrogens with zero attached hydrogens (tertiary/aromatic N) is 1. The van der Waals surface area contributed by atoms with Crippen LogP contribution in [0.4, 0.5) is 0 Å². The van der Waals surface area contributed by atoms with Crippen LogP contribution in [-0.4, -0.2) is 38.0 Å². The van der Waals surface area contributed by atoms with Crippen LogP contribution in [0.3, 0.4) is 0 Å². The summed E-state index contributed by atoms with van der Waals surface area (Å²) in [4.78, 5) is 24.6. The van der Waals surface area contributed by atoms with Crippen LogP contribution in [0.5, 0.6) is 5.75 Å². The lowest BCUT2D eigenvalue weighted by Gasteiger charge is -2.11. The predicted octanol–water partition coefficient (Wildman–Crippen LogP) is 2.94. The summed E-state index contributed by atoms with van der Waals surface area (Å²) in [5.74, 6) is -0.203. The number of hydrogen-bond donors (Lipinski definition) is 1. The highest BCUT2D eigenvalue weighted by molar-refractivity contribution is 7.89. The monoisotopic (exact) mass is 456 g/mol. The molecule has 3 rings (SSSR count). The number of ether oxygens (including phenoxy) is 2. The Morgan fingerprint density at radius 2 is 1.66 bits per heavy atom. The highest BCUT2D eigenvalue weighted by atomic mass is 32.2. The van der Waals surface area contributed by atoms with Crippen molar-refractivity contribution >= 4 is 21.8 Å². The summed E-state index contributed by atoms with van der Waals surface area (Å²) in [5, 5.41) is 5.14. The number of carbonyl (C=O) groups excluding carboxylic acids is 2. The van der Waals surface area contributed by atoms with Gasteiger partial charge in [0.05, 0.1) is 17.9 Å². The third-order valence-electron chi connectivity index (χ3n) is 4.84. The van der Waals surface area contributed by atoms with Gasteiger partial charge < -0.3 is 14.0 Å². The average molecular weight is 457 g/mol. The van der Waals surface area contributed by atoms with E-state index in [2.05, 4.69) is 0 Å². The molecule has 3 aromatic rings. The molecule has 0 spiro atoms. The molecule has 0 saturated carbocycles. The fourth-order valence-corrected chi connectivity index (χ4v) is 3.81. The Bertz CT molecular complexity index is 1220. The lowest BCUT2D eigenvalue weighted by Crippen LogP contribution is -2.16. The predicted molar refractivity (Wildman–Crippen MR) is 118 cm³/mol. The van der Waals surface area contributed by atoms with Crippen molar-refractivity contribution in [2.24, 2.45) is 5.14 Å². The maximum atomic E-state index is 12.6. The molecule has 168 valence electrons. The Morgan fingerprint density at radius 1 is 1.00 bits per heavy atom. The number of hydrogen-bond acceptors (Lipinski definition) is 6. The summed E-state index contributed by atoms with van der Waals surface area (Å²) in [6.07, 6.45) is 0.0254. The highest BCUT2D eigenvalue weighted by Crippen LogP contribution is 2.22. The maximum absolute atomic E-state index is 12.6. The number of carbonyl (C=O) groups is 2. The minimum atomic E-state index is -3.79. The number of para-hydroxylation sites is 1. The number of Topliss-reactive ketones (excluding diaryl/α,β-unsaturated/α-hetero) is 1. The van der Waals surface area contributed by atoms with E-state index in [0.29, 0.717) is 22.7 Å². The largest absolute Gasteiger partial charge is 0.493 e. The van der Waals surface area contributed by atoms with Gasteiger partial charge in [0.25, 0.3) is 0 Å². The number of sulfonamides is 1. The second kappa shape index (κ2) is 9.80. The van der Waals surface area contributed by atoms with Crippen molar-refractivity contribution in [2.75, 3.05) is 13.2 Å². The van der Waals surface area contributed by atoms with E-state index in [1.807, 2.05) is 29.7 Å². The van der Waals surface area contributed by atoms with Gasteiger partial charge in [-0.1, -0.05) is 18.2 Å². The molecule has 2 aromatic carbocycles. The van der Waals surface area contributed by atoms with E-state index in [0.717, 1.165) is 5.69 Å².